The summed E-state index contributed by atoms with van der Waals surface area (Å²) in [5.74, 6) is 0. The number of nitriles is 1. The highest BCUT2D eigenvalue weighted by Gasteiger charge is 2.22. The molecule has 1 aliphatic heterocycles. The van der Waals surface area contributed by atoms with Gasteiger partial charge in [-0.1, -0.05) is 0 Å². The fraction of sp³-hybridized carbons (Fsp3) is 0.444. The van der Waals surface area contributed by atoms with Crippen LogP contribution in [-0.4, -0.2) is 22.0 Å². The van der Waals surface area contributed by atoms with Crippen molar-refractivity contribution in [3.8, 4) is 6.07 Å². The summed E-state index contributed by atoms with van der Waals surface area (Å²) in [5, 5.41) is 12.7. The van der Waals surface area contributed by atoms with Crippen molar-refractivity contribution in [2.45, 2.75) is 13.0 Å². The summed E-state index contributed by atoms with van der Waals surface area (Å²) in [5.41, 5.74) is 1.41. The molecule has 1 aromatic rings. The van der Waals surface area contributed by atoms with E-state index in [0.717, 1.165) is 23.4 Å². The first-order chi connectivity index (χ1) is 8.07. The van der Waals surface area contributed by atoms with Crippen LogP contribution in [0.25, 0.3) is 0 Å². The Balaban J connectivity index is 2.42. The third-order valence-corrected chi connectivity index (χ3v) is 4.82. The van der Waals surface area contributed by atoms with Crippen LogP contribution in [0.15, 0.2) is 0 Å². The van der Waals surface area contributed by atoms with Crippen LogP contribution in [0.2, 0.25) is 0 Å². The maximum atomic E-state index is 11.4. The van der Waals surface area contributed by atoms with Crippen molar-refractivity contribution in [1.29, 1.82) is 5.26 Å². The summed E-state index contributed by atoms with van der Waals surface area (Å²) in [6.45, 7) is 1.51. The van der Waals surface area contributed by atoms with Gasteiger partial charge in [0.1, 0.15) is 11.1 Å². The Morgan fingerprint density at radius 2 is 2.29 bits per heavy atom. The standard InChI is InChI=1S/C9H12N4O2S2/c1-11-17(14,15)13-9-7(4-10)6-2-3-12-5-8(6)16-9/h11-13H,2-3,5H2,1H3. The lowest BCUT2D eigenvalue weighted by molar-refractivity contribution is 0.594. The van der Waals surface area contributed by atoms with Gasteiger partial charge in [-0.15, -0.1) is 11.3 Å². The van der Waals surface area contributed by atoms with Gasteiger partial charge in [0.05, 0.1) is 5.56 Å². The van der Waals surface area contributed by atoms with Crippen LogP contribution in [0, 0.1) is 11.3 Å². The van der Waals surface area contributed by atoms with Crippen molar-refractivity contribution in [2.75, 3.05) is 18.3 Å². The summed E-state index contributed by atoms with van der Waals surface area (Å²) in [6, 6.07) is 2.08. The number of fused-ring (bicyclic) bond motifs is 1. The van der Waals surface area contributed by atoms with Crippen LogP contribution in [0.5, 0.6) is 0 Å². The summed E-state index contributed by atoms with van der Waals surface area (Å²) in [6.07, 6.45) is 0.760. The van der Waals surface area contributed by atoms with Crippen LogP contribution >= 0.6 is 11.3 Å². The molecule has 0 radical (unpaired) electrons. The number of hydrogen-bond acceptors (Lipinski definition) is 5. The van der Waals surface area contributed by atoms with Gasteiger partial charge in [0.25, 0.3) is 10.2 Å². The van der Waals surface area contributed by atoms with E-state index in [9.17, 15) is 8.42 Å². The third-order valence-electron chi connectivity index (χ3n) is 2.54. The zero-order valence-electron chi connectivity index (χ0n) is 9.20. The number of anilines is 1. The molecule has 92 valence electrons. The number of hydrogen-bond donors (Lipinski definition) is 3. The van der Waals surface area contributed by atoms with Crippen LogP contribution in [-0.2, 0) is 23.2 Å². The predicted octanol–water partition coefficient (Wildman–Crippen LogP) is 0.142. The Kier molecular flexibility index (Phi) is 3.35. The van der Waals surface area contributed by atoms with Gasteiger partial charge in [0.2, 0.25) is 0 Å². The number of nitrogens with zero attached hydrogens (tertiary/aromatic N) is 1. The Labute approximate surface area is 104 Å². The average Bonchev–Trinajstić information content (AvgIpc) is 2.65. The molecule has 1 aromatic heterocycles. The molecule has 0 amide bonds. The van der Waals surface area contributed by atoms with E-state index in [0.29, 0.717) is 17.1 Å². The summed E-state index contributed by atoms with van der Waals surface area (Å²) >= 11 is 1.31. The molecule has 0 bridgehead atoms. The van der Waals surface area contributed by atoms with Gasteiger partial charge in [0, 0.05) is 18.5 Å². The van der Waals surface area contributed by atoms with E-state index in [1.807, 2.05) is 0 Å². The van der Waals surface area contributed by atoms with Crippen molar-refractivity contribution in [3.05, 3.63) is 16.0 Å². The molecule has 0 aliphatic carbocycles. The maximum absolute atomic E-state index is 11.4. The van der Waals surface area contributed by atoms with Gasteiger partial charge in [-0.2, -0.15) is 13.7 Å². The Morgan fingerprint density at radius 1 is 1.53 bits per heavy atom. The van der Waals surface area contributed by atoms with Crippen LogP contribution < -0.4 is 14.8 Å². The molecule has 0 fully saturated rings. The van der Waals surface area contributed by atoms with E-state index >= 15 is 0 Å². The highest BCUT2D eigenvalue weighted by Crippen LogP contribution is 2.35. The van der Waals surface area contributed by atoms with Crippen molar-refractivity contribution in [1.82, 2.24) is 10.0 Å². The third kappa shape index (κ3) is 2.42. The Hall–Kier alpha value is -1.14. The summed E-state index contributed by atoms with van der Waals surface area (Å²) in [7, 11) is -2.24. The first-order valence-electron chi connectivity index (χ1n) is 5.04. The molecule has 0 saturated heterocycles. The lowest BCUT2D eigenvalue weighted by Crippen LogP contribution is -2.26. The Morgan fingerprint density at radius 3 is 2.94 bits per heavy atom. The first-order valence-corrected chi connectivity index (χ1v) is 7.34. The van der Waals surface area contributed by atoms with Gasteiger partial charge in [0.15, 0.2) is 0 Å². The second-order valence-electron chi connectivity index (χ2n) is 3.56. The minimum Gasteiger partial charge on any atom is -0.312 e. The molecule has 6 nitrogen and oxygen atoms in total. The maximum Gasteiger partial charge on any atom is 0.299 e. The molecular formula is C9H12N4O2S2. The van der Waals surface area contributed by atoms with E-state index < -0.39 is 10.2 Å². The highest BCUT2D eigenvalue weighted by atomic mass is 32.2. The van der Waals surface area contributed by atoms with E-state index in [1.54, 1.807) is 0 Å². The van der Waals surface area contributed by atoms with Gasteiger partial charge >= 0.3 is 0 Å². The fourth-order valence-electron chi connectivity index (χ4n) is 1.70. The SMILES string of the molecule is CNS(=O)(=O)Nc1sc2c(c1C#N)CCNC2. The van der Waals surface area contributed by atoms with Gasteiger partial charge in [-0.25, -0.2) is 4.72 Å². The van der Waals surface area contributed by atoms with Crippen molar-refractivity contribution < 1.29 is 8.42 Å². The minimum atomic E-state index is -3.57. The zero-order chi connectivity index (χ0) is 12.5. The molecule has 2 rings (SSSR count). The zero-order valence-corrected chi connectivity index (χ0v) is 10.8. The number of rotatable bonds is 3. The van der Waals surface area contributed by atoms with E-state index in [4.69, 9.17) is 5.26 Å². The summed E-state index contributed by atoms with van der Waals surface area (Å²) < 4.78 is 27.4. The molecule has 0 unspecified atom stereocenters. The van der Waals surface area contributed by atoms with Gasteiger partial charge in [-0.05, 0) is 18.5 Å². The predicted molar refractivity (Wildman–Crippen MR) is 66.0 cm³/mol. The van der Waals surface area contributed by atoms with E-state index in [2.05, 4.69) is 20.8 Å². The molecule has 0 saturated carbocycles. The molecule has 17 heavy (non-hydrogen) atoms. The monoisotopic (exact) mass is 272 g/mol. The molecule has 0 atom stereocenters. The fourth-order valence-corrected chi connectivity index (χ4v) is 3.66. The van der Waals surface area contributed by atoms with Crippen LogP contribution in [0.4, 0.5) is 5.00 Å². The van der Waals surface area contributed by atoms with Crippen molar-refractivity contribution in [3.63, 3.8) is 0 Å². The summed E-state index contributed by atoms with van der Waals surface area (Å²) in [4.78, 5) is 1.03. The van der Waals surface area contributed by atoms with Crippen LogP contribution in [0.1, 0.15) is 16.0 Å². The first kappa shape index (κ1) is 12.3. The molecule has 0 spiro atoms. The average molecular weight is 272 g/mol. The normalized spacial score (nSPS) is 15.1. The van der Waals surface area contributed by atoms with Crippen molar-refractivity contribution in [2.24, 2.45) is 0 Å². The second-order valence-corrected chi connectivity index (χ2v) is 6.28. The lowest BCUT2D eigenvalue weighted by Gasteiger charge is -2.11. The molecule has 0 aromatic carbocycles. The van der Waals surface area contributed by atoms with Crippen LogP contribution in [0.3, 0.4) is 0 Å². The van der Waals surface area contributed by atoms with Gasteiger partial charge in [-0.3, -0.25) is 4.72 Å². The highest BCUT2D eigenvalue weighted by molar-refractivity contribution is 7.91. The Bertz CT molecular complexity index is 571. The van der Waals surface area contributed by atoms with E-state index in [1.165, 1.54) is 18.4 Å². The molecule has 8 heteroatoms. The molecule has 3 N–H and O–H groups in total. The minimum absolute atomic E-state index is 0.399. The van der Waals surface area contributed by atoms with Gasteiger partial charge < -0.3 is 5.32 Å². The molecule has 2 heterocycles. The molecule has 1 aliphatic rings. The number of nitrogens with one attached hydrogen (secondary N) is 3. The molecular weight excluding hydrogens is 260 g/mol. The van der Waals surface area contributed by atoms with Crippen molar-refractivity contribution >= 4 is 26.5 Å². The lowest BCUT2D eigenvalue weighted by atomic mass is 10.1. The largest absolute Gasteiger partial charge is 0.312 e. The number of thiophene rings is 1. The topological polar surface area (TPSA) is 94.0 Å². The second kappa shape index (κ2) is 4.62. The quantitative estimate of drug-likeness (QED) is 0.729. The smallest absolute Gasteiger partial charge is 0.299 e. The van der Waals surface area contributed by atoms with E-state index in [-0.39, 0.29) is 0 Å².